The number of likely N-dealkylation sites (tertiary alicyclic amines) is 1. The molecule has 1 saturated heterocycles. The number of thiophene rings is 1. The number of nitrogens with one attached hydrogen (secondary N) is 1. The molecular formula is C17H27N5O7S2. The molecule has 174 valence electrons. The number of amides is 2. The quantitative estimate of drug-likeness (QED) is 0.393. The molecule has 1 aliphatic rings. The summed E-state index contributed by atoms with van der Waals surface area (Å²) in [7, 11) is 1.85. The van der Waals surface area contributed by atoms with Crippen LogP contribution in [0.15, 0.2) is 11.4 Å². The third-order valence-corrected chi connectivity index (χ3v) is 7.79. The third kappa shape index (κ3) is 5.98. The van der Waals surface area contributed by atoms with Crippen molar-refractivity contribution in [1.29, 1.82) is 0 Å². The summed E-state index contributed by atoms with van der Waals surface area (Å²) in [6, 6.07) is 1.26. The standard InChI is InChI=1S/C17H27N5O7S2/c1-19(2)31(27,28)20(3)10-14(23)18-17(12-29-4)5-7-21(8-6-17)16(24)13-9-15(22(25)26)30-11-13/h9,11H,5-8,10,12H2,1-4H3,(H,18,23). The molecule has 31 heavy (non-hydrogen) atoms. The van der Waals surface area contributed by atoms with Crippen LogP contribution in [0.5, 0.6) is 0 Å². The van der Waals surface area contributed by atoms with Crippen LogP contribution in [-0.4, -0.2) is 98.7 Å². The van der Waals surface area contributed by atoms with Gasteiger partial charge in [-0.3, -0.25) is 19.7 Å². The van der Waals surface area contributed by atoms with E-state index in [1.807, 2.05) is 0 Å². The second kappa shape index (κ2) is 9.99. The van der Waals surface area contributed by atoms with Gasteiger partial charge in [0.05, 0.1) is 29.2 Å². The van der Waals surface area contributed by atoms with Gasteiger partial charge in [-0.2, -0.15) is 17.0 Å². The van der Waals surface area contributed by atoms with Crippen LogP contribution in [0.1, 0.15) is 23.2 Å². The van der Waals surface area contributed by atoms with Gasteiger partial charge in [0.15, 0.2) is 0 Å². The summed E-state index contributed by atoms with van der Waals surface area (Å²) in [6.07, 6.45) is 0.795. The summed E-state index contributed by atoms with van der Waals surface area (Å²) < 4.78 is 31.5. The zero-order valence-electron chi connectivity index (χ0n) is 17.9. The van der Waals surface area contributed by atoms with E-state index in [4.69, 9.17) is 4.74 Å². The van der Waals surface area contributed by atoms with E-state index in [9.17, 15) is 28.1 Å². The molecule has 12 nitrogen and oxygen atoms in total. The van der Waals surface area contributed by atoms with Crippen molar-refractivity contribution in [3.8, 4) is 0 Å². The maximum Gasteiger partial charge on any atom is 0.324 e. The monoisotopic (exact) mass is 477 g/mol. The number of likely N-dealkylation sites (N-methyl/N-ethyl adjacent to an activating group) is 1. The summed E-state index contributed by atoms with van der Waals surface area (Å²) in [6.45, 7) is 0.484. The summed E-state index contributed by atoms with van der Waals surface area (Å²) in [5.74, 6) is -0.781. The number of hydrogen-bond donors (Lipinski definition) is 1. The van der Waals surface area contributed by atoms with Crippen molar-refractivity contribution in [1.82, 2.24) is 18.8 Å². The lowest BCUT2D eigenvalue weighted by Gasteiger charge is -2.42. The minimum absolute atomic E-state index is 0.0989. The molecule has 0 unspecified atom stereocenters. The molecule has 2 rings (SSSR count). The fourth-order valence-electron chi connectivity index (χ4n) is 3.33. The number of nitrogens with zero attached hydrogens (tertiary/aromatic N) is 4. The van der Waals surface area contributed by atoms with Gasteiger partial charge in [-0.25, -0.2) is 0 Å². The molecule has 1 N–H and O–H groups in total. The highest BCUT2D eigenvalue weighted by Gasteiger charge is 2.38. The van der Waals surface area contributed by atoms with Crippen molar-refractivity contribution in [2.75, 3.05) is 54.5 Å². The zero-order chi connectivity index (χ0) is 23.4. The van der Waals surface area contributed by atoms with E-state index < -0.39 is 26.6 Å². The molecule has 0 aromatic carbocycles. The minimum Gasteiger partial charge on any atom is -0.382 e. The highest BCUT2D eigenvalue weighted by molar-refractivity contribution is 7.86. The Hall–Kier alpha value is -2.13. The van der Waals surface area contributed by atoms with Crippen molar-refractivity contribution in [3.63, 3.8) is 0 Å². The lowest BCUT2D eigenvalue weighted by Crippen LogP contribution is -2.60. The molecule has 1 fully saturated rings. The first-order chi connectivity index (χ1) is 14.4. The van der Waals surface area contributed by atoms with Crippen molar-refractivity contribution in [3.05, 3.63) is 27.1 Å². The van der Waals surface area contributed by atoms with Crippen LogP contribution in [-0.2, 0) is 19.7 Å². The Balaban J connectivity index is 2.02. The normalized spacial score (nSPS) is 16.5. The summed E-state index contributed by atoms with van der Waals surface area (Å²) >= 11 is 0.895. The van der Waals surface area contributed by atoms with Gasteiger partial charge in [-0.05, 0) is 12.8 Å². The topological polar surface area (TPSA) is 142 Å². The first-order valence-corrected chi connectivity index (χ1v) is 11.7. The number of rotatable bonds is 9. The number of nitro groups is 1. The van der Waals surface area contributed by atoms with Crippen molar-refractivity contribution < 1.29 is 27.7 Å². The van der Waals surface area contributed by atoms with Crippen molar-refractivity contribution >= 4 is 38.4 Å². The number of hydrogen-bond acceptors (Lipinski definition) is 8. The first-order valence-electron chi connectivity index (χ1n) is 9.38. The molecule has 0 aliphatic carbocycles. The molecule has 1 aromatic rings. The lowest BCUT2D eigenvalue weighted by molar-refractivity contribution is -0.380. The average Bonchev–Trinajstić information content (AvgIpc) is 3.18. The Bertz CT molecular complexity index is 923. The van der Waals surface area contributed by atoms with Gasteiger partial charge in [-0.1, -0.05) is 11.3 Å². The molecule has 14 heteroatoms. The molecule has 1 aromatic heterocycles. The maximum absolute atomic E-state index is 12.7. The van der Waals surface area contributed by atoms with Crippen LogP contribution < -0.4 is 5.32 Å². The predicted octanol–water partition coefficient (Wildman–Crippen LogP) is 0.132. The largest absolute Gasteiger partial charge is 0.382 e. The zero-order valence-corrected chi connectivity index (χ0v) is 19.5. The van der Waals surface area contributed by atoms with Crippen LogP contribution in [0.2, 0.25) is 0 Å². The Morgan fingerprint density at radius 3 is 2.42 bits per heavy atom. The molecule has 2 heterocycles. The van der Waals surface area contributed by atoms with Crippen LogP contribution >= 0.6 is 11.3 Å². The Morgan fingerprint density at radius 1 is 1.32 bits per heavy atom. The number of ether oxygens (including phenoxy) is 1. The first kappa shape index (κ1) is 25.1. The highest BCUT2D eigenvalue weighted by Crippen LogP contribution is 2.27. The fourth-order valence-corrected chi connectivity index (χ4v) is 4.87. The van der Waals surface area contributed by atoms with Gasteiger partial charge in [0.2, 0.25) is 5.91 Å². The number of carbonyl (C=O) groups excluding carboxylic acids is 2. The van der Waals surface area contributed by atoms with Gasteiger partial charge in [0, 0.05) is 52.8 Å². The van der Waals surface area contributed by atoms with E-state index in [0.717, 1.165) is 19.9 Å². The molecule has 0 saturated carbocycles. The molecule has 0 spiro atoms. The average molecular weight is 478 g/mol. The van der Waals surface area contributed by atoms with E-state index in [0.29, 0.717) is 25.9 Å². The molecule has 0 radical (unpaired) electrons. The van der Waals surface area contributed by atoms with Gasteiger partial charge in [-0.15, -0.1) is 0 Å². The van der Waals surface area contributed by atoms with E-state index in [-0.39, 0.29) is 29.6 Å². The van der Waals surface area contributed by atoms with Gasteiger partial charge >= 0.3 is 5.00 Å². The summed E-state index contributed by atoms with van der Waals surface area (Å²) in [4.78, 5) is 37.1. The Morgan fingerprint density at radius 2 is 1.94 bits per heavy atom. The van der Waals surface area contributed by atoms with Crippen LogP contribution in [0.4, 0.5) is 5.00 Å². The van der Waals surface area contributed by atoms with Gasteiger partial charge in [0.25, 0.3) is 16.1 Å². The van der Waals surface area contributed by atoms with Gasteiger partial charge in [0.1, 0.15) is 0 Å². The number of methoxy groups -OCH3 is 1. The lowest BCUT2D eigenvalue weighted by atomic mass is 9.87. The SMILES string of the molecule is COCC1(NC(=O)CN(C)S(=O)(=O)N(C)C)CCN(C(=O)c2csc([N+](=O)[O-])c2)CC1. The summed E-state index contributed by atoms with van der Waals surface area (Å²) in [5, 5.41) is 15.1. The number of carbonyl (C=O) groups is 2. The maximum atomic E-state index is 12.7. The van der Waals surface area contributed by atoms with Gasteiger partial charge < -0.3 is 15.0 Å². The Kier molecular flexibility index (Phi) is 8.10. The van der Waals surface area contributed by atoms with Crippen LogP contribution in [0.25, 0.3) is 0 Å². The highest BCUT2D eigenvalue weighted by atomic mass is 32.2. The number of piperidine rings is 1. The molecule has 0 bridgehead atoms. The Labute approximate surface area is 185 Å². The molecule has 2 amide bonds. The van der Waals surface area contributed by atoms with E-state index in [2.05, 4.69) is 5.32 Å². The smallest absolute Gasteiger partial charge is 0.324 e. The molecule has 1 aliphatic heterocycles. The molecule has 0 atom stereocenters. The van der Waals surface area contributed by atoms with Crippen LogP contribution in [0, 0.1) is 10.1 Å². The second-order valence-electron chi connectivity index (χ2n) is 7.53. The van der Waals surface area contributed by atoms with Crippen LogP contribution in [0.3, 0.4) is 0 Å². The van der Waals surface area contributed by atoms with E-state index in [1.54, 1.807) is 4.90 Å². The fraction of sp³-hybridized carbons (Fsp3) is 0.647. The van der Waals surface area contributed by atoms with E-state index >= 15 is 0 Å². The second-order valence-corrected chi connectivity index (χ2v) is 10.7. The predicted molar refractivity (Wildman–Crippen MR) is 114 cm³/mol. The van der Waals surface area contributed by atoms with E-state index in [1.165, 1.54) is 39.7 Å². The third-order valence-electron chi connectivity index (χ3n) is 5.07. The molecular weight excluding hydrogens is 450 g/mol. The minimum atomic E-state index is -3.72. The summed E-state index contributed by atoms with van der Waals surface area (Å²) in [5.41, 5.74) is -0.484. The van der Waals surface area contributed by atoms with Crippen molar-refractivity contribution in [2.24, 2.45) is 0 Å². The van der Waals surface area contributed by atoms with Crippen molar-refractivity contribution in [2.45, 2.75) is 18.4 Å².